The third-order valence-corrected chi connectivity index (χ3v) is 5.18. The van der Waals surface area contributed by atoms with Gasteiger partial charge in [0.05, 0.1) is 19.3 Å². The molecule has 1 aromatic carbocycles. The van der Waals surface area contributed by atoms with E-state index in [0.29, 0.717) is 5.92 Å². The van der Waals surface area contributed by atoms with E-state index in [9.17, 15) is 5.11 Å². The molecule has 2 aliphatic rings. The Morgan fingerprint density at radius 2 is 1.83 bits per heavy atom. The molecule has 1 N–H and O–H groups in total. The van der Waals surface area contributed by atoms with Crippen LogP contribution in [-0.4, -0.2) is 56.0 Å². The summed E-state index contributed by atoms with van der Waals surface area (Å²) in [5, 5.41) is 10.1. The molecule has 1 aliphatic carbocycles. The average Bonchev–Trinajstić information content (AvgIpc) is 2.58. The number of aliphatic hydroxyl groups is 1. The topological polar surface area (TPSA) is 35.9 Å². The molecule has 1 saturated carbocycles. The van der Waals surface area contributed by atoms with Crippen LogP contribution in [0.2, 0.25) is 0 Å². The molecule has 3 rings (SSSR count). The van der Waals surface area contributed by atoms with Crippen molar-refractivity contribution >= 4 is 5.69 Å². The van der Waals surface area contributed by atoms with E-state index in [0.717, 1.165) is 45.8 Å². The highest BCUT2D eigenvalue weighted by Crippen LogP contribution is 2.25. The van der Waals surface area contributed by atoms with Crippen LogP contribution in [0.15, 0.2) is 24.3 Å². The van der Waals surface area contributed by atoms with Gasteiger partial charge in [-0.05, 0) is 43.5 Å². The predicted molar refractivity (Wildman–Crippen MR) is 93.8 cm³/mol. The smallest absolute Gasteiger partial charge is 0.0642 e. The minimum Gasteiger partial charge on any atom is -0.393 e. The number of hydrogen-bond acceptors (Lipinski definition) is 4. The molecule has 0 spiro atoms. The number of morpholine rings is 1. The first kappa shape index (κ1) is 16.7. The van der Waals surface area contributed by atoms with Gasteiger partial charge in [0.15, 0.2) is 0 Å². The fourth-order valence-electron chi connectivity index (χ4n) is 3.81. The molecule has 1 aliphatic heterocycles. The summed E-state index contributed by atoms with van der Waals surface area (Å²) in [6.07, 6.45) is 4.50. The van der Waals surface area contributed by atoms with Crippen molar-refractivity contribution in [1.82, 2.24) is 4.90 Å². The Morgan fingerprint density at radius 3 is 2.52 bits per heavy atom. The molecule has 0 radical (unpaired) electrons. The monoisotopic (exact) mass is 318 g/mol. The van der Waals surface area contributed by atoms with Gasteiger partial charge in [-0.25, -0.2) is 0 Å². The van der Waals surface area contributed by atoms with Crippen LogP contribution in [0.1, 0.15) is 31.2 Å². The minimum atomic E-state index is -0.102. The standard InChI is InChI=1S/C19H30N2O2/c1-20(15-17-4-2-3-5-19(17)22)14-16-6-8-18(9-7-16)21-10-12-23-13-11-21/h6-9,17,19,22H,2-5,10-15H2,1H3. The van der Waals surface area contributed by atoms with Gasteiger partial charge in [-0.2, -0.15) is 0 Å². The zero-order chi connectivity index (χ0) is 16.1. The Labute approximate surface area is 140 Å². The molecule has 0 amide bonds. The van der Waals surface area contributed by atoms with Crippen LogP contribution in [0.4, 0.5) is 5.69 Å². The highest BCUT2D eigenvalue weighted by atomic mass is 16.5. The third-order valence-electron chi connectivity index (χ3n) is 5.18. The molecule has 23 heavy (non-hydrogen) atoms. The first-order valence-corrected chi connectivity index (χ1v) is 9.00. The number of ether oxygens (including phenoxy) is 1. The van der Waals surface area contributed by atoms with Crippen LogP contribution in [0, 0.1) is 5.92 Å². The lowest BCUT2D eigenvalue weighted by atomic mass is 9.86. The predicted octanol–water partition coefficient (Wildman–Crippen LogP) is 2.51. The quantitative estimate of drug-likeness (QED) is 0.905. The van der Waals surface area contributed by atoms with E-state index in [1.165, 1.54) is 30.5 Å². The number of nitrogens with zero attached hydrogens (tertiary/aromatic N) is 2. The molecule has 4 nitrogen and oxygen atoms in total. The van der Waals surface area contributed by atoms with Gasteiger partial charge in [0.2, 0.25) is 0 Å². The molecule has 2 atom stereocenters. The van der Waals surface area contributed by atoms with Crippen molar-refractivity contribution in [1.29, 1.82) is 0 Å². The molecule has 4 heteroatoms. The van der Waals surface area contributed by atoms with E-state index >= 15 is 0 Å². The van der Waals surface area contributed by atoms with Crippen LogP contribution in [0.3, 0.4) is 0 Å². The van der Waals surface area contributed by atoms with Crippen LogP contribution in [0.5, 0.6) is 0 Å². The van der Waals surface area contributed by atoms with E-state index in [4.69, 9.17) is 4.74 Å². The summed E-state index contributed by atoms with van der Waals surface area (Å²) in [6, 6.07) is 8.92. The van der Waals surface area contributed by atoms with Crippen LogP contribution < -0.4 is 4.90 Å². The van der Waals surface area contributed by atoms with Crippen molar-refractivity contribution in [2.24, 2.45) is 5.92 Å². The Balaban J connectivity index is 1.51. The Kier molecular flexibility index (Phi) is 5.92. The first-order chi connectivity index (χ1) is 11.2. The molecule has 2 unspecified atom stereocenters. The second kappa shape index (κ2) is 8.13. The fraction of sp³-hybridized carbons (Fsp3) is 0.684. The summed E-state index contributed by atoms with van der Waals surface area (Å²) < 4.78 is 5.41. The Bertz CT molecular complexity index is 471. The van der Waals surface area contributed by atoms with Crippen molar-refractivity contribution in [3.63, 3.8) is 0 Å². The molecular weight excluding hydrogens is 288 g/mol. The summed E-state index contributed by atoms with van der Waals surface area (Å²) in [4.78, 5) is 4.73. The molecule has 128 valence electrons. The Hall–Kier alpha value is -1.10. The maximum atomic E-state index is 10.1. The van der Waals surface area contributed by atoms with Crippen molar-refractivity contribution in [3.05, 3.63) is 29.8 Å². The average molecular weight is 318 g/mol. The molecule has 1 heterocycles. The van der Waals surface area contributed by atoms with Gasteiger partial charge in [0.1, 0.15) is 0 Å². The van der Waals surface area contributed by atoms with E-state index in [1.54, 1.807) is 0 Å². The van der Waals surface area contributed by atoms with Gasteiger partial charge >= 0.3 is 0 Å². The van der Waals surface area contributed by atoms with E-state index < -0.39 is 0 Å². The molecule has 1 aromatic rings. The van der Waals surface area contributed by atoms with Crippen LogP contribution in [-0.2, 0) is 11.3 Å². The lowest BCUT2D eigenvalue weighted by molar-refractivity contribution is 0.0502. The van der Waals surface area contributed by atoms with Gasteiger partial charge in [-0.15, -0.1) is 0 Å². The second-order valence-electron chi connectivity index (χ2n) is 7.07. The van der Waals surface area contributed by atoms with Gasteiger partial charge in [-0.3, -0.25) is 0 Å². The van der Waals surface area contributed by atoms with Crippen molar-refractivity contribution in [2.75, 3.05) is 44.8 Å². The second-order valence-corrected chi connectivity index (χ2v) is 7.07. The molecule has 0 aromatic heterocycles. The maximum Gasteiger partial charge on any atom is 0.0642 e. The number of aliphatic hydroxyl groups excluding tert-OH is 1. The summed E-state index contributed by atoms with van der Waals surface area (Å²) >= 11 is 0. The largest absolute Gasteiger partial charge is 0.393 e. The molecular formula is C19H30N2O2. The maximum absolute atomic E-state index is 10.1. The lowest BCUT2D eigenvalue weighted by Crippen LogP contribution is -2.36. The summed E-state index contributed by atoms with van der Waals surface area (Å²) in [5.74, 6) is 0.446. The number of hydrogen-bond donors (Lipinski definition) is 1. The zero-order valence-electron chi connectivity index (χ0n) is 14.3. The van der Waals surface area contributed by atoms with Crippen LogP contribution in [0.25, 0.3) is 0 Å². The normalized spacial score (nSPS) is 25.8. The SMILES string of the molecule is CN(Cc1ccc(N2CCOCC2)cc1)CC1CCCCC1O. The number of anilines is 1. The molecule has 1 saturated heterocycles. The lowest BCUT2D eigenvalue weighted by Gasteiger charge is -2.31. The van der Waals surface area contributed by atoms with Gasteiger partial charge in [0.25, 0.3) is 0 Å². The highest BCUT2D eigenvalue weighted by molar-refractivity contribution is 5.47. The summed E-state index contributed by atoms with van der Waals surface area (Å²) in [5.41, 5.74) is 2.64. The summed E-state index contributed by atoms with van der Waals surface area (Å²) in [7, 11) is 2.16. The van der Waals surface area contributed by atoms with Gasteiger partial charge in [-0.1, -0.05) is 25.0 Å². The van der Waals surface area contributed by atoms with E-state index in [-0.39, 0.29) is 6.10 Å². The molecule has 0 bridgehead atoms. The van der Waals surface area contributed by atoms with Crippen LogP contribution >= 0.6 is 0 Å². The Morgan fingerprint density at radius 1 is 1.13 bits per heavy atom. The van der Waals surface area contributed by atoms with E-state index in [2.05, 4.69) is 41.1 Å². The first-order valence-electron chi connectivity index (χ1n) is 9.00. The van der Waals surface area contributed by atoms with Crippen molar-refractivity contribution in [3.8, 4) is 0 Å². The number of rotatable bonds is 5. The zero-order valence-corrected chi connectivity index (χ0v) is 14.3. The summed E-state index contributed by atoms with van der Waals surface area (Å²) in [6.45, 7) is 5.57. The van der Waals surface area contributed by atoms with Gasteiger partial charge < -0.3 is 19.6 Å². The van der Waals surface area contributed by atoms with E-state index in [1.807, 2.05) is 0 Å². The highest BCUT2D eigenvalue weighted by Gasteiger charge is 2.24. The minimum absolute atomic E-state index is 0.102. The molecule has 2 fully saturated rings. The third kappa shape index (κ3) is 4.69. The van der Waals surface area contributed by atoms with Crippen molar-refractivity contribution < 1.29 is 9.84 Å². The fourth-order valence-corrected chi connectivity index (χ4v) is 3.81. The van der Waals surface area contributed by atoms with Gasteiger partial charge in [0, 0.05) is 31.9 Å². The number of benzene rings is 1. The van der Waals surface area contributed by atoms with Crippen molar-refractivity contribution in [2.45, 2.75) is 38.3 Å².